The number of nitrogens with one attached hydrogen (secondary N) is 1. The van der Waals surface area contributed by atoms with Gasteiger partial charge in [0.15, 0.2) is 0 Å². The number of unbranched alkanes of at least 4 members (excludes halogenated alkanes) is 30. The molecule has 3 N–H and O–H groups in total. The van der Waals surface area contributed by atoms with Gasteiger partial charge >= 0.3 is 5.97 Å². The number of rotatable bonds is 47. The molecule has 3 unspecified atom stereocenters. The highest BCUT2D eigenvalue weighted by Crippen LogP contribution is 2.18. The molecule has 0 heterocycles. The summed E-state index contributed by atoms with van der Waals surface area (Å²) in [6.07, 6.45) is 58.9. The van der Waals surface area contributed by atoms with Gasteiger partial charge in [0.25, 0.3) is 0 Å². The van der Waals surface area contributed by atoms with Gasteiger partial charge in [0, 0.05) is 6.42 Å². The molecule has 0 saturated heterocycles. The molecule has 0 rings (SSSR count). The van der Waals surface area contributed by atoms with Crippen molar-refractivity contribution in [2.45, 2.75) is 283 Å². The zero-order chi connectivity index (χ0) is 44.5. The van der Waals surface area contributed by atoms with E-state index in [1.807, 2.05) is 24.3 Å². The fourth-order valence-electron chi connectivity index (χ4n) is 8.03. The van der Waals surface area contributed by atoms with Crippen LogP contribution in [0.4, 0.5) is 0 Å². The van der Waals surface area contributed by atoms with Crippen LogP contribution in [0.15, 0.2) is 48.6 Å². The highest BCUT2D eigenvalue weighted by molar-refractivity contribution is 5.77. The number of ether oxygens (including phenoxy) is 1. The summed E-state index contributed by atoms with van der Waals surface area (Å²) in [7, 11) is 0. The Labute approximate surface area is 378 Å². The summed E-state index contributed by atoms with van der Waals surface area (Å²) >= 11 is 0. The minimum atomic E-state index is -0.797. The number of hydrogen-bond donors (Lipinski definition) is 3. The molecule has 6 heteroatoms. The Bertz CT molecular complexity index is 1050. The number of allylic oxidation sites excluding steroid dienone is 8. The van der Waals surface area contributed by atoms with Gasteiger partial charge in [-0.25, -0.2) is 0 Å². The molecule has 0 fully saturated rings. The molecule has 0 aromatic heterocycles. The van der Waals surface area contributed by atoms with E-state index in [-0.39, 0.29) is 24.9 Å². The zero-order valence-corrected chi connectivity index (χ0v) is 40.5. The predicted octanol–water partition coefficient (Wildman–Crippen LogP) is 15.8. The Morgan fingerprint density at radius 3 is 1.34 bits per heavy atom. The molecule has 3 atom stereocenters. The van der Waals surface area contributed by atoms with E-state index in [2.05, 4.69) is 50.4 Å². The van der Waals surface area contributed by atoms with Crippen molar-refractivity contribution in [2.75, 3.05) is 6.61 Å². The molecule has 0 radical (unpaired) electrons. The third kappa shape index (κ3) is 44.2. The molecule has 0 bridgehead atoms. The van der Waals surface area contributed by atoms with Gasteiger partial charge in [-0.05, 0) is 44.9 Å². The van der Waals surface area contributed by atoms with E-state index < -0.39 is 18.2 Å². The number of aliphatic hydroxyl groups excluding tert-OH is 2. The standard InChI is InChI=1S/C55H101NO5/c1-4-7-10-13-16-19-22-25-26-27-28-30-32-35-38-41-44-47-53(58)52(50-57)56-54(59)49-51(46-43-40-37-34-31-29-23-20-17-14-11-8-5-2)61-55(60)48-45-42-39-36-33-24-21-18-15-12-9-6-3/h8,11,14,17,20,23,29,31,51-53,57-58H,4-7,9-10,12-13,15-16,18-19,21-22,24-28,30,32-50H2,1-3H3,(H,56,59)/b11-8+,17-14+,23-20+,31-29-. The first-order chi connectivity index (χ1) is 30.0. The highest BCUT2D eigenvalue weighted by atomic mass is 16.5. The van der Waals surface area contributed by atoms with E-state index in [0.29, 0.717) is 19.3 Å². The molecule has 0 spiro atoms. The summed E-state index contributed by atoms with van der Waals surface area (Å²) in [4.78, 5) is 26.1. The van der Waals surface area contributed by atoms with Crippen molar-refractivity contribution >= 4 is 11.9 Å². The van der Waals surface area contributed by atoms with E-state index in [0.717, 1.165) is 70.6 Å². The summed E-state index contributed by atoms with van der Waals surface area (Å²) in [6.45, 7) is 6.35. The largest absolute Gasteiger partial charge is 0.462 e. The number of amides is 1. The maximum atomic E-state index is 13.2. The summed E-state index contributed by atoms with van der Waals surface area (Å²) < 4.78 is 5.91. The number of aliphatic hydroxyl groups is 2. The van der Waals surface area contributed by atoms with Crippen molar-refractivity contribution in [3.8, 4) is 0 Å². The number of carbonyl (C=O) groups excluding carboxylic acids is 2. The Kier molecular flexibility index (Phi) is 47.1. The molecule has 0 aromatic carbocycles. The maximum Gasteiger partial charge on any atom is 0.306 e. The molecule has 0 aliphatic rings. The second-order valence-electron chi connectivity index (χ2n) is 18.0. The first kappa shape index (κ1) is 58.8. The summed E-state index contributed by atoms with van der Waals surface area (Å²) in [6, 6.07) is -0.713. The second-order valence-corrected chi connectivity index (χ2v) is 18.0. The van der Waals surface area contributed by atoms with E-state index in [4.69, 9.17) is 4.74 Å². The molecular weight excluding hydrogens is 755 g/mol. The molecule has 1 amide bonds. The van der Waals surface area contributed by atoms with E-state index >= 15 is 0 Å². The smallest absolute Gasteiger partial charge is 0.306 e. The van der Waals surface area contributed by atoms with Crippen molar-refractivity contribution in [3.63, 3.8) is 0 Å². The van der Waals surface area contributed by atoms with Crippen LogP contribution in [0, 0.1) is 0 Å². The first-order valence-corrected chi connectivity index (χ1v) is 26.4. The van der Waals surface area contributed by atoms with Gasteiger partial charge in [-0.15, -0.1) is 0 Å². The third-order valence-electron chi connectivity index (χ3n) is 12.0. The van der Waals surface area contributed by atoms with Crippen LogP contribution in [0.3, 0.4) is 0 Å². The monoisotopic (exact) mass is 856 g/mol. The van der Waals surface area contributed by atoms with Crippen LogP contribution in [0.25, 0.3) is 0 Å². The van der Waals surface area contributed by atoms with Gasteiger partial charge in [0.05, 0.1) is 25.2 Å². The van der Waals surface area contributed by atoms with Gasteiger partial charge < -0.3 is 20.3 Å². The Balaban J connectivity index is 4.54. The predicted molar refractivity (Wildman–Crippen MR) is 264 cm³/mol. The fraction of sp³-hybridized carbons (Fsp3) is 0.818. The van der Waals surface area contributed by atoms with Crippen molar-refractivity contribution in [1.82, 2.24) is 5.32 Å². The van der Waals surface area contributed by atoms with E-state index in [1.54, 1.807) is 0 Å². The van der Waals surface area contributed by atoms with Gasteiger partial charge in [-0.2, -0.15) is 0 Å². The van der Waals surface area contributed by atoms with Crippen LogP contribution in [-0.4, -0.2) is 46.9 Å². The molecule has 0 aromatic rings. The number of esters is 1. The Morgan fingerprint density at radius 2 is 0.885 bits per heavy atom. The molecule has 356 valence electrons. The van der Waals surface area contributed by atoms with Crippen molar-refractivity contribution < 1.29 is 24.5 Å². The van der Waals surface area contributed by atoms with Crippen LogP contribution >= 0.6 is 0 Å². The normalized spacial score (nSPS) is 13.6. The average Bonchev–Trinajstić information content (AvgIpc) is 3.25. The lowest BCUT2D eigenvalue weighted by atomic mass is 10.0. The van der Waals surface area contributed by atoms with Crippen molar-refractivity contribution in [3.05, 3.63) is 48.6 Å². The number of hydrogen-bond acceptors (Lipinski definition) is 5. The first-order valence-electron chi connectivity index (χ1n) is 26.4. The average molecular weight is 856 g/mol. The summed E-state index contributed by atoms with van der Waals surface area (Å²) in [5.74, 6) is -0.506. The Morgan fingerprint density at radius 1 is 0.492 bits per heavy atom. The minimum Gasteiger partial charge on any atom is -0.462 e. The van der Waals surface area contributed by atoms with E-state index in [9.17, 15) is 19.8 Å². The fourth-order valence-corrected chi connectivity index (χ4v) is 8.03. The third-order valence-corrected chi connectivity index (χ3v) is 12.0. The van der Waals surface area contributed by atoms with Gasteiger partial charge in [0.2, 0.25) is 5.91 Å². The second kappa shape index (κ2) is 48.8. The van der Waals surface area contributed by atoms with Gasteiger partial charge in [-0.1, -0.05) is 256 Å². The maximum absolute atomic E-state index is 13.2. The lowest BCUT2D eigenvalue weighted by molar-refractivity contribution is -0.151. The SMILES string of the molecule is CC/C=C/C=C/C=C/C=C\CCCCCC(CC(=O)NC(CO)C(O)CCCCCCCCCCCCCCCCCCC)OC(=O)CCCCCCCCCCCCCC. The van der Waals surface area contributed by atoms with Crippen molar-refractivity contribution in [1.29, 1.82) is 0 Å². The minimum absolute atomic E-state index is 0.0538. The van der Waals surface area contributed by atoms with Gasteiger partial charge in [0.1, 0.15) is 6.10 Å². The topological polar surface area (TPSA) is 95.9 Å². The van der Waals surface area contributed by atoms with Crippen LogP contribution in [0.5, 0.6) is 0 Å². The summed E-state index contributed by atoms with van der Waals surface area (Å²) in [5, 5.41) is 23.8. The lowest BCUT2D eigenvalue weighted by Crippen LogP contribution is -2.46. The lowest BCUT2D eigenvalue weighted by Gasteiger charge is -2.24. The molecule has 0 aliphatic carbocycles. The highest BCUT2D eigenvalue weighted by Gasteiger charge is 2.24. The van der Waals surface area contributed by atoms with E-state index in [1.165, 1.54) is 148 Å². The quantitative estimate of drug-likeness (QED) is 0.0322. The molecular formula is C55H101NO5. The van der Waals surface area contributed by atoms with Crippen LogP contribution < -0.4 is 5.32 Å². The van der Waals surface area contributed by atoms with Crippen LogP contribution in [0.2, 0.25) is 0 Å². The molecule has 0 aliphatic heterocycles. The van der Waals surface area contributed by atoms with Crippen LogP contribution in [-0.2, 0) is 14.3 Å². The summed E-state index contributed by atoms with van der Waals surface area (Å²) in [5.41, 5.74) is 0. The van der Waals surface area contributed by atoms with Gasteiger partial charge in [-0.3, -0.25) is 9.59 Å². The number of carbonyl (C=O) groups is 2. The zero-order valence-electron chi connectivity index (χ0n) is 40.5. The molecule has 6 nitrogen and oxygen atoms in total. The van der Waals surface area contributed by atoms with Crippen molar-refractivity contribution in [2.24, 2.45) is 0 Å². The molecule has 61 heavy (non-hydrogen) atoms. The molecule has 0 saturated carbocycles. The van der Waals surface area contributed by atoms with Crippen LogP contribution in [0.1, 0.15) is 265 Å². The Hall–Kier alpha value is -2.18.